The molecule has 2 atom stereocenters. The molecule has 152 valence electrons. The first kappa shape index (κ1) is 21.4. The third-order valence-electron chi connectivity index (χ3n) is 4.92. The van der Waals surface area contributed by atoms with E-state index in [1.807, 2.05) is 47.4 Å². The summed E-state index contributed by atoms with van der Waals surface area (Å²) in [4.78, 5) is 20.2. The number of thioether (sulfide) groups is 1. The molecule has 6 nitrogen and oxygen atoms in total. The summed E-state index contributed by atoms with van der Waals surface area (Å²) in [5.41, 5.74) is 8.23. The molecular formula is C21H23ClN4O2S. The van der Waals surface area contributed by atoms with Gasteiger partial charge >= 0.3 is 0 Å². The van der Waals surface area contributed by atoms with Crippen LogP contribution in [0.3, 0.4) is 0 Å². The van der Waals surface area contributed by atoms with Gasteiger partial charge < -0.3 is 15.2 Å². The Morgan fingerprint density at radius 1 is 1.17 bits per heavy atom. The lowest BCUT2D eigenvalue weighted by Gasteiger charge is -2.18. The van der Waals surface area contributed by atoms with Crippen LogP contribution in [0.25, 0.3) is 0 Å². The number of hydrogen-bond donors (Lipinski definition) is 1. The summed E-state index contributed by atoms with van der Waals surface area (Å²) in [6.07, 6.45) is 0. The summed E-state index contributed by atoms with van der Waals surface area (Å²) in [7, 11) is 0. The smallest absolute Gasteiger partial charge is 0.255 e. The molecule has 0 radical (unpaired) electrons. The normalized spacial score (nSPS) is 18.5. The fraction of sp³-hybridized carbons (Fsp3) is 0.286. The standard InChI is InChI=1S/C21H22N4O2S.ClH/c1-14-23-20(27-24-14)13-28-19-10-6-5-9-16(19)21(26)25-11-17(18(22)12-25)15-7-3-2-4-8-15;/h2-10,17-18H,11-13,22H2,1H3;1H/t17-,18+;/m0./s1. The number of nitrogens with two attached hydrogens (primary N) is 1. The molecule has 1 saturated heterocycles. The minimum Gasteiger partial charge on any atom is -0.338 e. The molecular weight excluding hydrogens is 408 g/mol. The van der Waals surface area contributed by atoms with E-state index >= 15 is 0 Å². The van der Waals surface area contributed by atoms with E-state index in [9.17, 15) is 4.79 Å². The third kappa shape index (κ3) is 4.80. The van der Waals surface area contributed by atoms with Gasteiger partial charge in [-0.1, -0.05) is 47.6 Å². The van der Waals surface area contributed by atoms with Crippen LogP contribution in [0.15, 0.2) is 64.0 Å². The van der Waals surface area contributed by atoms with Crippen LogP contribution in [0.4, 0.5) is 0 Å². The van der Waals surface area contributed by atoms with Crippen molar-refractivity contribution in [3.63, 3.8) is 0 Å². The Labute approximate surface area is 180 Å². The Balaban J connectivity index is 0.00000240. The first-order valence-corrected chi connectivity index (χ1v) is 10.2. The summed E-state index contributed by atoms with van der Waals surface area (Å²) < 4.78 is 5.17. The molecule has 1 aromatic heterocycles. The van der Waals surface area contributed by atoms with E-state index < -0.39 is 0 Å². The maximum atomic E-state index is 13.2. The predicted molar refractivity (Wildman–Crippen MR) is 115 cm³/mol. The molecule has 3 aromatic rings. The Bertz CT molecular complexity index is 966. The molecule has 1 amide bonds. The molecule has 0 aliphatic carbocycles. The Morgan fingerprint density at radius 2 is 1.90 bits per heavy atom. The second-order valence-corrected chi connectivity index (χ2v) is 7.93. The average molecular weight is 431 g/mol. The number of carbonyl (C=O) groups excluding carboxylic acids is 1. The highest BCUT2D eigenvalue weighted by Gasteiger charge is 2.34. The zero-order chi connectivity index (χ0) is 19.5. The van der Waals surface area contributed by atoms with Crippen molar-refractivity contribution in [3.05, 3.63) is 77.4 Å². The maximum Gasteiger partial charge on any atom is 0.255 e. The predicted octanol–water partition coefficient (Wildman–Crippen LogP) is 3.66. The maximum absolute atomic E-state index is 13.2. The van der Waals surface area contributed by atoms with Gasteiger partial charge in [0, 0.05) is 29.9 Å². The van der Waals surface area contributed by atoms with Gasteiger partial charge in [0.2, 0.25) is 5.89 Å². The minimum atomic E-state index is -0.0625. The van der Waals surface area contributed by atoms with Crippen LogP contribution < -0.4 is 5.73 Å². The van der Waals surface area contributed by atoms with Crippen LogP contribution in [-0.4, -0.2) is 40.1 Å². The lowest BCUT2D eigenvalue weighted by Crippen LogP contribution is -2.32. The van der Waals surface area contributed by atoms with E-state index in [1.165, 1.54) is 17.3 Å². The van der Waals surface area contributed by atoms with Gasteiger partial charge in [-0.3, -0.25) is 4.79 Å². The van der Waals surface area contributed by atoms with E-state index in [0.29, 0.717) is 36.1 Å². The molecule has 2 heterocycles. The van der Waals surface area contributed by atoms with Gasteiger partial charge in [0.15, 0.2) is 5.82 Å². The molecule has 1 aliphatic heterocycles. The molecule has 0 saturated carbocycles. The fourth-order valence-corrected chi connectivity index (χ4v) is 4.41. The molecule has 2 aromatic carbocycles. The van der Waals surface area contributed by atoms with Crippen LogP contribution in [0.2, 0.25) is 0 Å². The quantitative estimate of drug-likeness (QED) is 0.622. The number of carbonyl (C=O) groups is 1. The summed E-state index contributed by atoms with van der Waals surface area (Å²) in [5, 5.41) is 3.81. The van der Waals surface area contributed by atoms with Crippen molar-refractivity contribution in [3.8, 4) is 0 Å². The Morgan fingerprint density at radius 3 is 2.62 bits per heavy atom. The summed E-state index contributed by atoms with van der Waals surface area (Å²) >= 11 is 1.52. The Kier molecular flexibility index (Phi) is 6.95. The number of nitrogens with zero attached hydrogens (tertiary/aromatic N) is 3. The van der Waals surface area contributed by atoms with E-state index in [0.717, 1.165) is 4.90 Å². The molecule has 1 fully saturated rings. The second kappa shape index (κ2) is 9.43. The van der Waals surface area contributed by atoms with E-state index in [2.05, 4.69) is 22.3 Å². The molecule has 0 spiro atoms. The molecule has 8 heteroatoms. The van der Waals surface area contributed by atoms with Crippen LogP contribution in [0.1, 0.15) is 33.6 Å². The highest BCUT2D eigenvalue weighted by Crippen LogP contribution is 2.31. The van der Waals surface area contributed by atoms with Crippen molar-refractivity contribution >= 4 is 30.1 Å². The van der Waals surface area contributed by atoms with Gasteiger partial charge in [-0.05, 0) is 24.6 Å². The van der Waals surface area contributed by atoms with Crippen molar-refractivity contribution < 1.29 is 9.32 Å². The largest absolute Gasteiger partial charge is 0.338 e. The van der Waals surface area contributed by atoms with E-state index in [-0.39, 0.29) is 30.3 Å². The van der Waals surface area contributed by atoms with Crippen molar-refractivity contribution in [1.82, 2.24) is 15.0 Å². The zero-order valence-corrected chi connectivity index (χ0v) is 17.7. The molecule has 1 aliphatic rings. The number of hydrogen-bond acceptors (Lipinski definition) is 6. The van der Waals surface area contributed by atoms with Crippen LogP contribution in [0, 0.1) is 6.92 Å². The first-order chi connectivity index (χ1) is 13.6. The minimum absolute atomic E-state index is 0. The summed E-state index contributed by atoms with van der Waals surface area (Å²) in [6, 6.07) is 17.7. The second-order valence-electron chi connectivity index (χ2n) is 6.91. The van der Waals surface area contributed by atoms with Crippen LogP contribution in [-0.2, 0) is 5.75 Å². The Hall–Kier alpha value is -2.35. The first-order valence-electron chi connectivity index (χ1n) is 9.22. The van der Waals surface area contributed by atoms with Crippen LogP contribution >= 0.6 is 24.2 Å². The summed E-state index contributed by atoms with van der Waals surface area (Å²) in [5.74, 6) is 1.86. The number of amides is 1. The number of aromatic nitrogens is 2. The molecule has 4 rings (SSSR count). The number of halogens is 1. The van der Waals surface area contributed by atoms with E-state index in [1.54, 1.807) is 6.92 Å². The number of benzene rings is 2. The highest BCUT2D eigenvalue weighted by atomic mass is 35.5. The van der Waals surface area contributed by atoms with Crippen molar-refractivity contribution in [2.45, 2.75) is 29.5 Å². The summed E-state index contributed by atoms with van der Waals surface area (Å²) in [6.45, 7) is 2.97. The number of rotatable bonds is 5. The van der Waals surface area contributed by atoms with E-state index in [4.69, 9.17) is 10.3 Å². The molecule has 2 N–H and O–H groups in total. The fourth-order valence-electron chi connectivity index (χ4n) is 3.53. The highest BCUT2D eigenvalue weighted by molar-refractivity contribution is 7.98. The molecule has 0 unspecified atom stereocenters. The van der Waals surface area contributed by atoms with Gasteiger partial charge in [0.25, 0.3) is 5.91 Å². The lowest BCUT2D eigenvalue weighted by molar-refractivity contribution is 0.0785. The van der Waals surface area contributed by atoms with Gasteiger partial charge in [0.05, 0.1) is 11.3 Å². The molecule has 0 bridgehead atoms. The van der Waals surface area contributed by atoms with Gasteiger partial charge in [0.1, 0.15) is 0 Å². The van der Waals surface area contributed by atoms with Crippen LogP contribution in [0.5, 0.6) is 0 Å². The number of likely N-dealkylation sites (tertiary alicyclic amines) is 1. The monoisotopic (exact) mass is 430 g/mol. The third-order valence-corrected chi connectivity index (χ3v) is 5.98. The molecule has 29 heavy (non-hydrogen) atoms. The van der Waals surface area contributed by atoms with Crippen molar-refractivity contribution in [2.24, 2.45) is 5.73 Å². The van der Waals surface area contributed by atoms with Gasteiger partial charge in [-0.25, -0.2) is 0 Å². The van der Waals surface area contributed by atoms with Gasteiger partial charge in [-0.15, -0.1) is 24.2 Å². The SMILES string of the molecule is Cc1noc(CSc2ccccc2C(=O)N2C[C@@H](N)[C@H](c3ccccc3)C2)n1.Cl. The van der Waals surface area contributed by atoms with Crippen molar-refractivity contribution in [2.75, 3.05) is 13.1 Å². The topological polar surface area (TPSA) is 85.2 Å². The number of aryl methyl sites for hydroxylation is 1. The zero-order valence-electron chi connectivity index (χ0n) is 16.0. The lowest BCUT2D eigenvalue weighted by atomic mass is 9.95. The average Bonchev–Trinajstić information content (AvgIpc) is 3.32. The van der Waals surface area contributed by atoms with Gasteiger partial charge in [-0.2, -0.15) is 4.98 Å². The van der Waals surface area contributed by atoms with Crippen molar-refractivity contribution in [1.29, 1.82) is 0 Å².